The van der Waals surface area contributed by atoms with Gasteiger partial charge in [0.1, 0.15) is 5.75 Å². The third-order valence-corrected chi connectivity index (χ3v) is 8.45. The summed E-state index contributed by atoms with van der Waals surface area (Å²) in [5.74, 6) is 3.63. The number of nitrogens with zero attached hydrogens (tertiary/aromatic N) is 2. The second-order valence-corrected chi connectivity index (χ2v) is 10.3. The van der Waals surface area contributed by atoms with Crippen LogP contribution in [0.2, 0.25) is 0 Å². The molecule has 1 saturated heterocycles. The first-order chi connectivity index (χ1) is 15.7. The Bertz CT molecular complexity index is 952. The Balaban J connectivity index is 1.28. The number of likely N-dealkylation sites (tertiary alicyclic amines) is 1. The van der Waals surface area contributed by atoms with E-state index in [1.807, 2.05) is 0 Å². The van der Waals surface area contributed by atoms with Crippen molar-refractivity contribution in [3.63, 3.8) is 0 Å². The van der Waals surface area contributed by atoms with Gasteiger partial charge >= 0.3 is 0 Å². The van der Waals surface area contributed by atoms with Crippen molar-refractivity contribution in [3.05, 3.63) is 53.6 Å². The van der Waals surface area contributed by atoms with Crippen molar-refractivity contribution >= 4 is 0 Å². The average Bonchev–Trinajstić information content (AvgIpc) is 3.18. The average molecular weight is 429 g/mol. The normalized spacial score (nSPS) is 26.4. The van der Waals surface area contributed by atoms with Crippen LogP contribution in [0.15, 0.2) is 42.5 Å². The van der Waals surface area contributed by atoms with Gasteiger partial charge in [0.15, 0.2) is 0 Å². The zero-order valence-corrected chi connectivity index (χ0v) is 19.4. The molecule has 0 aromatic heterocycles. The van der Waals surface area contributed by atoms with Crippen LogP contribution in [0.4, 0.5) is 0 Å². The van der Waals surface area contributed by atoms with Gasteiger partial charge in [0.05, 0.1) is 19.6 Å². The van der Waals surface area contributed by atoms with Gasteiger partial charge in [-0.15, -0.1) is 0 Å². The van der Waals surface area contributed by atoms with E-state index in [-0.39, 0.29) is 0 Å². The van der Waals surface area contributed by atoms with Crippen molar-refractivity contribution in [2.75, 3.05) is 20.2 Å². The van der Waals surface area contributed by atoms with Crippen molar-refractivity contribution in [1.82, 2.24) is 4.90 Å². The molecule has 0 radical (unpaired) electrons. The molecule has 5 rings (SSSR count). The number of methoxy groups -OCH3 is 1. The fourth-order valence-corrected chi connectivity index (χ4v) is 6.63. The van der Waals surface area contributed by atoms with E-state index in [1.54, 1.807) is 7.11 Å². The molecule has 168 valence electrons. The van der Waals surface area contributed by atoms with Gasteiger partial charge in [-0.1, -0.05) is 43.2 Å². The molecule has 3 unspecified atom stereocenters. The quantitative estimate of drug-likeness (QED) is 0.540. The van der Waals surface area contributed by atoms with Crippen molar-refractivity contribution < 1.29 is 4.74 Å². The molecular formula is C29H36N2O. The van der Waals surface area contributed by atoms with E-state index in [0.717, 1.165) is 29.2 Å². The van der Waals surface area contributed by atoms with Crippen molar-refractivity contribution in [2.24, 2.45) is 11.8 Å². The molecule has 2 aromatic rings. The topological polar surface area (TPSA) is 36.3 Å². The number of hydrogen-bond donors (Lipinski definition) is 0. The third kappa shape index (κ3) is 4.57. The molecule has 32 heavy (non-hydrogen) atoms. The van der Waals surface area contributed by atoms with Gasteiger partial charge < -0.3 is 9.64 Å². The molecule has 1 heterocycles. The molecule has 3 heteroatoms. The summed E-state index contributed by atoms with van der Waals surface area (Å²) in [6.45, 7) is 2.45. The largest absolute Gasteiger partial charge is 0.496 e. The van der Waals surface area contributed by atoms with E-state index in [9.17, 15) is 0 Å². The van der Waals surface area contributed by atoms with E-state index in [2.05, 4.69) is 53.4 Å². The molecule has 0 spiro atoms. The number of piperidine rings is 1. The van der Waals surface area contributed by atoms with E-state index >= 15 is 0 Å². The first kappa shape index (κ1) is 21.5. The van der Waals surface area contributed by atoms with Crippen LogP contribution in [-0.2, 0) is 6.42 Å². The summed E-state index contributed by atoms with van der Waals surface area (Å²) in [5.41, 5.74) is 4.89. The molecular weight excluding hydrogens is 392 g/mol. The molecule has 2 saturated carbocycles. The molecule has 0 N–H and O–H groups in total. The number of ether oxygens (including phenoxy) is 1. The van der Waals surface area contributed by atoms with Gasteiger partial charge in [-0.2, -0.15) is 5.26 Å². The second-order valence-electron chi connectivity index (χ2n) is 10.3. The van der Waals surface area contributed by atoms with Gasteiger partial charge in [-0.3, -0.25) is 0 Å². The predicted molar refractivity (Wildman–Crippen MR) is 130 cm³/mol. The maximum atomic E-state index is 8.92. The molecule has 2 aliphatic carbocycles. The number of rotatable bonds is 5. The summed E-state index contributed by atoms with van der Waals surface area (Å²) in [5, 5.41) is 8.92. The predicted octanol–water partition coefficient (Wildman–Crippen LogP) is 6.58. The van der Waals surface area contributed by atoms with Gasteiger partial charge in [0.25, 0.3) is 0 Å². The molecule has 2 aromatic carbocycles. The lowest BCUT2D eigenvalue weighted by Crippen LogP contribution is -2.41. The fraction of sp³-hybridized carbons (Fsp3) is 0.552. The molecule has 3 aliphatic rings. The smallest absolute Gasteiger partial charge is 0.122 e. The highest BCUT2D eigenvalue weighted by Gasteiger charge is 2.35. The van der Waals surface area contributed by atoms with Crippen molar-refractivity contribution in [3.8, 4) is 22.9 Å². The van der Waals surface area contributed by atoms with Gasteiger partial charge in [0, 0.05) is 6.04 Å². The van der Waals surface area contributed by atoms with E-state index in [1.165, 1.54) is 81.1 Å². The molecule has 0 amide bonds. The Morgan fingerprint density at radius 3 is 2.34 bits per heavy atom. The second kappa shape index (κ2) is 9.67. The maximum Gasteiger partial charge on any atom is 0.122 e. The Kier molecular flexibility index (Phi) is 6.51. The SMILES string of the molecule is COc1ccc(-c2ccc(CC#N)cc2)cc1C1CCN(C2CCC3CCC(C3)C2)CC1. The van der Waals surface area contributed by atoms with Gasteiger partial charge in [-0.25, -0.2) is 0 Å². The highest BCUT2D eigenvalue weighted by Crippen LogP contribution is 2.43. The number of benzene rings is 2. The Labute approximate surface area is 193 Å². The first-order valence-corrected chi connectivity index (χ1v) is 12.6. The number of hydrogen-bond acceptors (Lipinski definition) is 3. The Hall–Kier alpha value is -2.31. The molecule has 2 bridgehead atoms. The Morgan fingerprint density at radius 2 is 1.59 bits per heavy atom. The van der Waals surface area contributed by atoms with E-state index in [4.69, 9.17) is 10.00 Å². The van der Waals surface area contributed by atoms with Crippen LogP contribution in [0, 0.1) is 23.2 Å². The Morgan fingerprint density at radius 1 is 0.875 bits per heavy atom. The minimum Gasteiger partial charge on any atom is -0.496 e. The number of nitriles is 1. The summed E-state index contributed by atoms with van der Waals surface area (Å²) >= 11 is 0. The standard InChI is InChI=1S/C29H36N2O/c1-32-29-11-9-26(24-7-4-21(5-8-24)12-15-30)20-28(29)25-13-16-31(17-14-25)27-10-6-22-2-3-23(18-22)19-27/h4-5,7-9,11,20,22-23,25,27H,2-3,6,10,12-14,16-19H2,1H3. The first-order valence-electron chi connectivity index (χ1n) is 12.6. The summed E-state index contributed by atoms with van der Waals surface area (Å²) in [7, 11) is 1.80. The van der Waals surface area contributed by atoms with Crippen molar-refractivity contribution in [1.29, 1.82) is 5.26 Å². The zero-order valence-electron chi connectivity index (χ0n) is 19.4. The molecule has 3 atom stereocenters. The minimum absolute atomic E-state index is 0.467. The highest BCUT2D eigenvalue weighted by atomic mass is 16.5. The highest BCUT2D eigenvalue weighted by molar-refractivity contribution is 5.66. The zero-order chi connectivity index (χ0) is 21.9. The maximum absolute atomic E-state index is 8.92. The van der Waals surface area contributed by atoms with Crippen LogP contribution < -0.4 is 4.74 Å². The van der Waals surface area contributed by atoms with Gasteiger partial charge in [-0.05, 0) is 104 Å². The minimum atomic E-state index is 0.467. The van der Waals surface area contributed by atoms with E-state index in [0.29, 0.717) is 12.3 Å². The lowest BCUT2D eigenvalue weighted by Gasteiger charge is -2.39. The van der Waals surface area contributed by atoms with Crippen molar-refractivity contribution in [2.45, 2.75) is 69.7 Å². The third-order valence-electron chi connectivity index (χ3n) is 8.45. The number of fused-ring (bicyclic) bond motifs is 2. The lowest BCUT2D eigenvalue weighted by molar-refractivity contribution is 0.125. The van der Waals surface area contributed by atoms with Crippen LogP contribution in [-0.4, -0.2) is 31.1 Å². The lowest BCUT2D eigenvalue weighted by atomic mass is 9.85. The molecule has 1 aliphatic heterocycles. The molecule has 3 nitrogen and oxygen atoms in total. The van der Waals surface area contributed by atoms with Crippen LogP contribution >= 0.6 is 0 Å². The van der Waals surface area contributed by atoms with Crippen LogP contribution in [0.3, 0.4) is 0 Å². The van der Waals surface area contributed by atoms with Gasteiger partial charge in [0.2, 0.25) is 0 Å². The summed E-state index contributed by atoms with van der Waals surface area (Å²) in [4.78, 5) is 2.82. The van der Waals surface area contributed by atoms with Crippen LogP contribution in [0.1, 0.15) is 68.4 Å². The van der Waals surface area contributed by atoms with E-state index < -0.39 is 0 Å². The van der Waals surface area contributed by atoms with Crippen LogP contribution in [0.25, 0.3) is 11.1 Å². The summed E-state index contributed by atoms with van der Waals surface area (Å²) in [6, 6.07) is 18.1. The summed E-state index contributed by atoms with van der Waals surface area (Å²) < 4.78 is 5.78. The summed E-state index contributed by atoms with van der Waals surface area (Å²) in [6.07, 6.45) is 11.7. The van der Waals surface area contributed by atoms with Crippen LogP contribution in [0.5, 0.6) is 5.75 Å². The fourth-order valence-electron chi connectivity index (χ4n) is 6.63. The molecule has 3 fully saturated rings. The monoisotopic (exact) mass is 428 g/mol.